The van der Waals surface area contributed by atoms with Crippen molar-refractivity contribution < 1.29 is 0 Å². The summed E-state index contributed by atoms with van der Waals surface area (Å²) in [4.78, 5) is 0. The number of nitrogens with zero attached hydrogens (tertiary/aromatic N) is 3. The fourth-order valence-electron chi connectivity index (χ4n) is 1.22. The third-order valence-electron chi connectivity index (χ3n) is 2.05. The Morgan fingerprint density at radius 1 is 0.933 bits per heavy atom. The van der Waals surface area contributed by atoms with E-state index < -0.39 is 11.8 Å². The van der Waals surface area contributed by atoms with Gasteiger partial charge in [0.25, 0.3) is 0 Å². The van der Waals surface area contributed by atoms with Crippen LogP contribution in [0.5, 0.6) is 0 Å². The lowest BCUT2D eigenvalue weighted by Crippen LogP contribution is -2.07. The van der Waals surface area contributed by atoms with Crippen LogP contribution in [0.3, 0.4) is 0 Å². The summed E-state index contributed by atoms with van der Waals surface area (Å²) in [5.41, 5.74) is 6.72. The second-order valence-electron chi connectivity index (χ2n) is 3.01. The van der Waals surface area contributed by atoms with Crippen LogP contribution >= 0.6 is 0 Å². The second-order valence-corrected chi connectivity index (χ2v) is 3.01. The Balaban J connectivity index is 3.06. The molecule has 0 saturated heterocycles. The topological polar surface area (TPSA) is 97.4 Å². The van der Waals surface area contributed by atoms with Gasteiger partial charge < -0.3 is 5.73 Å². The molecule has 2 N–H and O–H groups in total. The summed E-state index contributed by atoms with van der Waals surface area (Å²) in [6.07, 6.45) is 0. The number of hydrogen-bond donors (Lipinski definition) is 1. The quantitative estimate of drug-likeness (QED) is 0.725. The van der Waals surface area contributed by atoms with Gasteiger partial charge in [-0.25, -0.2) is 0 Å². The first-order chi connectivity index (χ1) is 7.22. The van der Waals surface area contributed by atoms with E-state index in [4.69, 9.17) is 21.5 Å². The third-order valence-corrected chi connectivity index (χ3v) is 2.05. The highest BCUT2D eigenvalue weighted by Crippen LogP contribution is 2.23. The van der Waals surface area contributed by atoms with Crippen LogP contribution < -0.4 is 5.73 Å². The fourth-order valence-corrected chi connectivity index (χ4v) is 1.22. The summed E-state index contributed by atoms with van der Waals surface area (Å²) < 4.78 is 0. The number of hydrogen-bond acceptors (Lipinski definition) is 4. The van der Waals surface area contributed by atoms with Crippen LogP contribution in [-0.2, 0) is 0 Å². The first-order valence-corrected chi connectivity index (χ1v) is 4.27. The van der Waals surface area contributed by atoms with Crippen molar-refractivity contribution in [3.05, 3.63) is 29.8 Å². The van der Waals surface area contributed by atoms with Gasteiger partial charge in [-0.2, -0.15) is 15.8 Å². The largest absolute Gasteiger partial charge is 0.399 e. The molecule has 0 aliphatic carbocycles. The third kappa shape index (κ3) is 2.24. The minimum absolute atomic E-state index is 0.584. The van der Waals surface area contributed by atoms with E-state index in [2.05, 4.69) is 0 Å². The molecule has 72 valence electrons. The van der Waals surface area contributed by atoms with Crippen molar-refractivity contribution >= 4 is 5.69 Å². The van der Waals surface area contributed by atoms with E-state index in [0.717, 1.165) is 0 Å². The normalized spacial score (nSPS) is 11.1. The zero-order valence-electron chi connectivity index (χ0n) is 7.88. The Hall–Kier alpha value is -2.51. The summed E-state index contributed by atoms with van der Waals surface area (Å²) in [6.45, 7) is 0. The predicted molar refractivity (Wildman–Crippen MR) is 53.9 cm³/mol. The molecule has 15 heavy (non-hydrogen) atoms. The van der Waals surface area contributed by atoms with E-state index in [1.807, 2.05) is 6.07 Å². The number of nitrogens with two attached hydrogens (primary N) is 1. The van der Waals surface area contributed by atoms with Crippen molar-refractivity contribution in [3.63, 3.8) is 0 Å². The predicted octanol–water partition coefficient (Wildman–Crippen LogP) is 1.54. The number of nitriles is 3. The highest BCUT2D eigenvalue weighted by Gasteiger charge is 2.22. The van der Waals surface area contributed by atoms with Gasteiger partial charge in [0.15, 0.2) is 5.92 Å². The highest BCUT2D eigenvalue weighted by atomic mass is 14.5. The molecule has 4 heteroatoms. The van der Waals surface area contributed by atoms with Gasteiger partial charge in [-0.15, -0.1) is 0 Å². The maximum Gasteiger partial charge on any atom is 0.153 e. The molecule has 0 fully saturated rings. The summed E-state index contributed by atoms with van der Waals surface area (Å²) in [6, 6.07) is 12.2. The van der Waals surface area contributed by atoms with Gasteiger partial charge in [-0.05, 0) is 17.7 Å². The van der Waals surface area contributed by atoms with E-state index in [0.29, 0.717) is 11.3 Å². The van der Waals surface area contributed by atoms with Crippen LogP contribution in [0.1, 0.15) is 11.5 Å². The number of anilines is 1. The maximum atomic E-state index is 8.90. The van der Waals surface area contributed by atoms with Gasteiger partial charge in [0.1, 0.15) is 5.92 Å². The smallest absolute Gasteiger partial charge is 0.153 e. The van der Waals surface area contributed by atoms with E-state index in [1.165, 1.54) is 0 Å². The molecule has 0 saturated carbocycles. The van der Waals surface area contributed by atoms with Crippen LogP contribution in [0.4, 0.5) is 5.69 Å². The van der Waals surface area contributed by atoms with Gasteiger partial charge in [0, 0.05) is 5.69 Å². The van der Waals surface area contributed by atoms with Crippen molar-refractivity contribution in [1.29, 1.82) is 15.8 Å². The molecule has 1 unspecified atom stereocenters. The Bertz CT molecular complexity index is 441. The number of rotatable bonds is 2. The lowest BCUT2D eigenvalue weighted by Gasteiger charge is -2.08. The SMILES string of the molecule is N#CC(C#N)C(C#N)c1ccc(N)cc1. The molecule has 0 aromatic heterocycles. The molecule has 0 aliphatic rings. The molecule has 0 radical (unpaired) electrons. The molecule has 0 spiro atoms. The molecular weight excluding hydrogens is 188 g/mol. The van der Waals surface area contributed by atoms with E-state index in [1.54, 1.807) is 36.4 Å². The van der Waals surface area contributed by atoms with Crippen molar-refractivity contribution in [2.75, 3.05) is 5.73 Å². The summed E-state index contributed by atoms with van der Waals surface area (Å²) >= 11 is 0. The first kappa shape index (κ1) is 10.6. The van der Waals surface area contributed by atoms with E-state index in [9.17, 15) is 0 Å². The Kier molecular flexibility index (Phi) is 3.28. The van der Waals surface area contributed by atoms with E-state index >= 15 is 0 Å². The van der Waals surface area contributed by atoms with Crippen LogP contribution in [0.15, 0.2) is 24.3 Å². The standard InChI is InChI=1S/C11H8N4/c12-5-9(6-13)11(7-14)8-1-3-10(15)4-2-8/h1-4,9,11H,15H2. The van der Waals surface area contributed by atoms with E-state index in [-0.39, 0.29) is 0 Å². The highest BCUT2D eigenvalue weighted by molar-refractivity contribution is 5.42. The molecule has 1 rings (SSSR count). The van der Waals surface area contributed by atoms with Crippen LogP contribution in [0, 0.1) is 39.9 Å². The lowest BCUT2D eigenvalue weighted by atomic mass is 9.89. The van der Waals surface area contributed by atoms with Gasteiger partial charge in [-0.1, -0.05) is 12.1 Å². The summed E-state index contributed by atoms with van der Waals surface area (Å²) in [7, 11) is 0. The summed E-state index contributed by atoms with van der Waals surface area (Å²) in [5.74, 6) is -1.67. The summed E-state index contributed by atoms with van der Waals surface area (Å²) in [5, 5.41) is 26.3. The molecular formula is C11H8N4. The van der Waals surface area contributed by atoms with Crippen LogP contribution in [0.25, 0.3) is 0 Å². The van der Waals surface area contributed by atoms with Crippen molar-refractivity contribution in [2.24, 2.45) is 5.92 Å². The molecule has 0 aliphatic heterocycles. The average Bonchev–Trinajstić information content (AvgIpc) is 2.27. The Labute approximate surface area is 87.8 Å². The lowest BCUT2D eigenvalue weighted by molar-refractivity contribution is 0.745. The fraction of sp³-hybridized carbons (Fsp3) is 0.182. The molecule has 0 bridgehead atoms. The monoisotopic (exact) mass is 196 g/mol. The Morgan fingerprint density at radius 3 is 1.87 bits per heavy atom. The number of nitrogen functional groups attached to an aromatic ring is 1. The zero-order chi connectivity index (χ0) is 11.3. The van der Waals surface area contributed by atoms with Crippen molar-refractivity contribution in [1.82, 2.24) is 0 Å². The van der Waals surface area contributed by atoms with Crippen molar-refractivity contribution in [3.8, 4) is 18.2 Å². The number of benzene rings is 1. The molecule has 1 aromatic carbocycles. The minimum Gasteiger partial charge on any atom is -0.399 e. The second kappa shape index (κ2) is 4.65. The van der Waals surface area contributed by atoms with Gasteiger partial charge in [0.05, 0.1) is 18.2 Å². The van der Waals surface area contributed by atoms with Crippen LogP contribution in [-0.4, -0.2) is 0 Å². The van der Waals surface area contributed by atoms with Crippen molar-refractivity contribution in [2.45, 2.75) is 5.92 Å². The molecule has 4 nitrogen and oxygen atoms in total. The molecule has 1 atom stereocenters. The maximum absolute atomic E-state index is 8.90. The first-order valence-electron chi connectivity index (χ1n) is 4.27. The Morgan fingerprint density at radius 2 is 1.47 bits per heavy atom. The van der Waals surface area contributed by atoms with Gasteiger partial charge in [0.2, 0.25) is 0 Å². The van der Waals surface area contributed by atoms with Crippen LogP contribution in [0.2, 0.25) is 0 Å². The molecule has 0 heterocycles. The van der Waals surface area contributed by atoms with Gasteiger partial charge >= 0.3 is 0 Å². The minimum atomic E-state index is -0.946. The zero-order valence-corrected chi connectivity index (χ0v) is 7.88. The molecule has 1 aromatic rings. The molecule has 0 amide bonds. The average molecular weight is 196 g/mol. The van der Waals surface area contributed by atoms with Gasteiger partial charge in [-0.3, -0.25) is 0 Å².